The second-order valence-electron chi connectivity index (χ2n) is 2.96. The van der Waals surface area contributed by atoms with Crippen molar-refractivity contribution in [2.45, 2.75) is 12.5 Å². The van der Waals surface area contributed by atoms with E-state index in [9.17, 15) is 4.79 Å². The van der Waals surface area contributed by atoms with Gasteiger partial charge in [-0.05, 0) is 6.42 Å². The molecule has 1 unspecified atom stereocenters. The maximum atomic E-state index is 10.6. The molecule has 1 atom stereocenters. The molecule has 1 aliphatic rings. The summed E-state index contributed by atoms with van der Waals surface area (Å²) in [5.74, 6) is -0.288. The summed E-state index contributed by atoms with van der Waals surface area (Å²) >= 11 is 0. The van der Waals surface area contributed by atoms with E-state index in [2.05, 4.69) is 6.08 Å². The number of carbonyl (C=O) groups is 1. The Hall–Kier alpha value is -0.870. The van der Waals surface area contributed by atoms with Crippen LogP contribution in [-0.4, -0.2) is 36.5 Å². The third-order valence-electron chi connectivity index (χ3n) is 2.01. The van der Waals surface area contributed by atoms with Gasteiger partial charge in [0.05, 0.1) is 6.54 Å². The summed E-state index contributed by atoms with van der Waals surface area (Å²) in [7, 11) is 0. The molecular weight excluding hydrogens is 154 g/mol. The molecule has 12 heavy (non-hydrogen) atoms. The lowest BCUT2D eigenvalue weighted by atomic mass is 10.1. The summed E-state index contributed by atoms with van der Waals surface area (Å²) in [6.07, 6.45) is 5.10. The quantitative estimate of drug-likeness (QED) is 0.536. The first-order valence-corrected chi connectivity index (χ1v) is 4.13. The van der Waals surface area contributed by atoms with Crippen LogP contribution in [-0.2, 0) is 4.79 Å². The van der Waals surface area contributed by atoms with Crippen molar-refractivity contribution in [1.82, 2.24) is 4.90 Å². The van der Waals surface area contributed by atoms with E-state index >= 15 is 0 Å². The van der Waals surface area contributed by atoms with Crippen molar-refractivity contribution in [3.05, 3.63) is 12.2 Å². The second kappa shape index (κ2) is 4.23. The fourth-order valence-electron chi connectivity index (χ4n) is 1.41. The minimum atomic E-state index is -0.288. The van der Waals surface area contributed by atoms with E-state index in [1.54, 1.807) is 0 Å². The molecule has 1 aliphatic heterocycles. The number of nitrogens with two attached hydrogens (primary N) is 2. The number of hydrogen-bond donors (Lipinski definition) is 2. The van der Waals surface area contributed by atoms with Crippen LogP contribution in [0.4, 0.5) is 0 Å². The highest BCUT2D eigenvalue weighted by Gasteiger charge is 2.17. The molecule has 4 nitrogen and oxygen atoms in total. The summed E-state index contributed by atoms with van der Waals surface area (Å²) in [6, 6.07) is 0.186. The zero-order valence-electron chi connectivity index (χ0n) is 7.07. The number of hydrogen-bond acceptors (Lipinski definition) is 3. The van der Waals surface area contributed by atoms with Crippen LogP contribution in [0.15, 0.2) is 12.2 Å². The van der Waals surface area contributed by atoms with Crippen molar-refractivity contribution in [2.24, 2.45) is 11.5 Å². The molecule has 0 saturated heterocycles. The van der Waals surface area contributed by atoms with E-state index in [4.69, 9.17) is 11.5 Å². The average Bonchev–Trinajstić information content (AvgIpc) is 2.04. The topological polar surface area (TPSA) is 72.3 Å². The number of nitrogens with zero attached hydrogens (tertiary/aromatic N) is 1. The number of carbonyl (C=O) groups excluding carboxylic acids is 1. The van der Waals surface area contributed by atoms with Crippen LogP contribution in [0, 0.1) is 0 Å². The summed E-state index contributed by atoms with van der Waals surface area (Å²) in [6.45, 7) is 1.73. The highest BCUT2D eigenvalue weighted by atomic mass is 16.1. The molecular formula is C8H15N3O. The van der Waals surface area contributed by atoms with Gasteiger partial charge >= 0.3 is 0 Å². The van der Waals surface area contributed by atoms with E-state index < -0.39 is 0 Å². The molecule has 0 aromatic carbocycles. The molecule has 68 valence electrons. The zero-order chi connectivity index (χ0) is 8.97. The SMILES string of the molecule is NCC1C=CCCN1CC(N)=O. The molecule has 4 N–H and O–H groups in total. The average molecular weight is 169 g/mol. The van der Waals surface area contributed by atoms with Crippen LogP contribution in [0.1, 0.15) is 6.42 Å². The van der Waals surface area contributed by atoms with Crippen LogP contribution in [0.3, 0.4) is 0 Å². The van der Waals surface area contributed by atoms with Gasteiger partial charge < -0.3 is 11.5 Å². The fourth-order valence-corrected chi connectivity index (χ4v) is 1.41. The third kappa shape index (κ3) is 2.32. The van der Waals surface area contributed by atoms with E-state index in [1.165, 1.54) is 0 Å². The molecule has 0 radical (unpaired) electrons. The summed E-state index contributed by atoms with van der Waals surface area (Å²) in [5.41, 5.74) is 10.6. The highest BCUT2D eigenvalue weighted by Crippen LogP contribution is 2.07. The first-order valence-electron chi connectivity index (χ1n) is 4.13. The van der Waals surface area contributed by atoms with Crippen LogP contribution in [0.2, 0.25) is 0 Å². The van der Waals surface area contributed by atoms with Gasteiger partial charge in [-0.15, -0.1) is 0 Å². The zero-order valence-corrected chi connectivity index (χ0v) is 7.07. The fraction of sp³-hybridized carbons (Fsp3) is 0.625. The molecule has 4 heteroatoms. The van der Waals surface area contributed by atoms with Gasteiger partial charge in [-0.3, -0.25) is 9.69 Å². The van der Waals surface area contributed by atoms with Crippen LogP contribution in [0.5, 0.6) is 0 Å². The maximum absolute atomic E-state index is 10.6. The normalized spacial score (nSPS) is 24.2. The number of rotatable bonds is 3. The van der Waals surface area contributed by atoms with Gasteiger partial charge in [0.2, 0.25) is 5.91 Å². The lowest BCUT2D eigenvalue weighted by molar-refractivity contribution is -0.119. The predicted octanol–water partition coefficient (Wildman–Crippen LogP) is -0.939. The molecule has 0 saturated carbocycles. The van der Waals surface area contributed by atoms with Crippen LogP contribution >= 0.6 is 0 Å². The Bertz CT molecular complexity index is 191. The minimum Gasteiger partial charge on any atom is -0.369 e. The Morgan fingerprint density at radius 3 is 3.00 bits per heavy atom. The molecule has 0 aliphatic carbocycles. The monoisotopic (exact) mass is 169 g/mol. The van der Waals surface area contributed by atoms with Crippen LogP contribution in [0.25, 0.3) is 0 Å². The molecule has 1 amide bonds. The second-order valence-corrected chi connectivity index (χ2v) is 2.96. The van der Waals surface area contributed by atoms with Gasteiger partial charge in [-0.1, -0.05) is 12.2 Å². The van der Waals surface area contributed by atoms with Crippen LogP contribution < -0.4 is 11.5 Å². The van der Waals surface area contributed by atoms with Crippen molar-refractivity contribution in [3.8, 4) is 0 Å². The highest BCUT2D eigenvalue weighted by molar-refractivity contribution is 5.76. The lowest BCUT2D eigenvalue weighted by Gasteiger charge is -2.29. The van der Waals surface area contributed by atoms with Gasteiger partial charge in [0, 0.05) is 19.1 Å². The maximum Gasteiger partial charge on any atom is 0.231 e. The Labute approximate surface area is 72.2 Å². The van der Waals surface area contributed by atoms with Crippen molar-refractivity contribution >= 4 is 5.91 Å². The minimum absolute atomic E-state index is 0.186. The number of amides is 1. The predicted molar refractivity (Wildman–Crippen MR) is 47.4 cm³/mol. The molecule has 1 rings (SSSR count). The van der Waals surface area contributed by atoms with Gasteiger partial charge in [0.25, 0.3) is 0 Å². The van der Waals surface area contributed by atoms with E-state index in [0.717, 1.165) is 13.0 Å². The van der Waals surface area contributed by atoms with E-state index in [-0.39, 0.29) is 11.9 Å². The van der Waals surface area contributed by atoms with E-state index in [1.807, 2.05) is 11.0 Å². The van der Waals surface area contributed by atoms with Crippen molar-refractivity contribution in [1.29, 1.82) is 0 Å². The number of primary amides is 1. The lowest BCUT2D eigenvalue weighted by Crippen LogP contribution is -2.45. The van der Waals surface area contributed by atoms with Gasteiger partial charge in [0.1, 0.15) is 0 Å². The molecule has 0 spiro atoms. The van der Waals surface area contributed by atoms with E-state index in [0.29, 0.717) is 13.1 Å². The largest absolute Gasteiger partial charge is 0.369 e. The molecule has 0 bridgehead atoms. The Morgan fingerprint density at radius 2 is 2.42 bits per heavy atom. The Balaban J connectivity index is 2.50. The molecule has 1 heterocycles. The third-order valence-corrected chi connectivity index (χ3v) is 2.01. The summed E-state index contributed by atoms with van der Waals surface area (Å²) in [5, 5.41) is 0. The van der Waals surface area contributed by atoms with Crippen molar-refractivity contribution in [2.75, 3.05) is 19.6 Å². The Kier molecular flexibility index (Phi) is 3.25. The first-order chi connectivity index (χ1) is 5.74. The van der Waals surface area contributed by atoms with Crippen molar-refractivity contribution < 1.29 is 4.79 Å². The molecule has 0 aromatic rings. The smallest absolute Gasteiger partial charge is 0.231 e. The van der Waals surface area contributed by atoms with Gasteiger partial charge in [-0.2, -0.15) is 0 Å². The van der Waals surface area contributed by atoms with Gasteiger partial charge in [0.15, 0.2) is 0 Å². The summed E-state index contributed by atoms with van der Waals surface area (Å²) < 4.78 is 0. The standard InChI is InChI=1S/C8H15N3O/c9-5-7-3-1-2-4-11(7)6-8(10)12/h1,3,7H,2,4-6,9H2,(H2,10,12). The first kappa shape index (κ1) is 9.22. The molecule has 0 fully saturated rings. The van der Waals surface area contributed by atoms with Gasteiger partial charge in [-0.25, -0.2) is 0 Å². The summed E-state index contributed by atoms with van der Waals surface area (Å²) in [4.78, 5) is 12.6. The Morgan fingerprint density at radius 1 is 1.67 bits per heavy atom. The van der Waals surface area contributed by atoms with Crippen molar-refractivity contribution in [3.63, 3.8) is 0 Å². The molecule has 0 aromatic heterocycles.